The number of benzene rings is 1. The Bertz CT molecular complexity index is 675. The van der Waals surface area contributed by atoms with Crippen molar-refractivity contribution in [2.75, 3.05) is 13.7 Å². The van der Waals surface area contributed by atoms with Crippen LogP contribution in [0.1, 0.15) is 24.3 Å². The van der Waals surface area contributed by atoms with Gasteiger partial charge in [-0.25, -0.2) is 0 Å². The van der Waals surface area contributed by atoms with E-state index in [1.165, 1.54) is 7.05 Å². The Hall–Kier alpha value is -2.50. The van der Waals surface area contributed by atoms with Gasteiger partial charge in [0.2, 0.25) is 0 Å². The largest absolute Gasteiger partial charge is 0.493 e. The van der Waals surface area contributed by atoms with E-state index in [1.807, 2.05) is 18.2 Å². The predicted molar refractivity (Wildman–Crippen MR) is 82.6 cm³/mol. The Kier molecular flexibility index (Phi) is 4.16. The van der Waals surface area contributed by atoms with Gasteiger partial charge in [-0.2, -0.15) is 0 Å². The Morgan fingerprint density at radius 2 is 2.19 bits per heavy atom. The van der Waals surface area contributed by atoms with Gasteiger partial charge < -0.3 is 15.5 Å². The molecule has 0 aliphatic rings. The number of nitrogens with zero attached hydrogens (tertiary/aromatic N) is 1. The highest BCUT2D eigenvalue weighted by molar-refractivity contribution is 6.06. The number of guanidine groups is 1. The fraction of sp³-hybridized carbons (Fsp3) is 0.333. The zero-order valence-electron chi connectivity index (χ0n) is 12.4. The van der Waals surface area contributed by atoms with Crippen LogP contribution >= 0.6 is 0 Å². The first-order valence-corrected chi connectivity index (χ1v) is 6.76. The van der Waals surface area contributed by atoms with Gasteiger partial charge in [0.25, 0.3) is 5.91 Å². The van der Waals surface area contributed by atoms with Crippen LogP contribution in [-0.2, 0) is 0 Å². The first-order valence-electron chi connectivity index (χ1n) is 6.76. The van der Waals surface area contributed by atoms with Crippen molar-refractivity contribution in [3.8, 4) is 5.75 Å². The van der Waals surface area contributed by atoms with Crippen molar-refractivity contribution in [1.29, 1.82) is 5.41 Å². The van der Waals surface area contributed by atoms with Crippen LogP contribution in [-0.4, -0.2) is 35.4 Å². The van der Waals surface area contributed by atoms with Gasteiger partial charge in [-0.15, -0.1) is 0 Å². The van der Waals surface area contributed by atoms with Gasteiger partial charge in [-0.1, -0.05) is 19.9 Å². The lowest BCUT2D eigenvalue weighted by molar-refractivity contribution is 0.0864. The summed E-state index contributed by atoms with van der Waals surface area (Å²) in [5, 5.41) is 8.16. The molecule has 1 aromatic heterocycles. The lowest BCUT2D eigenvalue weighted by atomic mass is 10.2. The number of ether oxygens (including phenoxy) is 1. The number of hydrogen-bond acceptors (Lipinski definition) is 3. The van der Waals surface area contributed by atoms with E-state index in [-0.39, 0.29) is 11.9 Å². The molecule has 0 bridgehead atoms. The molecule has 6 heteroatoms. The van der Waals surface area contributed by atoms with Crippen LogP contribution in [0, 0.1) is 11.3 Å². The van der Waals surface area contributed by atoms with Crippen LogP contribution in [0.15, 0.2) is 24.3 Å². The number of amides is 1. The summed E-state index contributed by atoms with van der Waals surface area (Å²) in [4.78, 5) is 16.3. The van der Waals surface area contributed by atoms with Crippen molar-refractivity contribution in [1.82, 2.24) is 9.88 Å². The summed E-state index contributed by atoms with van der Waals surface area (Å²) >= 11 is 0. The molecule has 1 heterocycles. The number of carbonyl (C=O) groups is 1. The van der Waals surface area contributed by atoms with Crippen molar-refractivity contribution in [2.45, 2.75) is 13.8 Å². The molecule has 21 heavy (non-hydrogen) atoms. The number of rotatable bonds is 4. The summed E-state index contributed by atoms with van der Waals surface area (Å²) in [5.74, 6) is 0.509. The number of hydrogen-bond donors (Lipinski definition) is 3. The lowest BCUT2D eigenvalue weighted by Gasteiger charge is -2.12. The van der Waals surface area contributed by atoms with Gasteiger partial charge in [0, 0.05) is 18.0 Å². The zero-order valence-corrected chi connectivity index (χ0v) is 12.4. The van der Waals surface area contributed by atoms with Crippen molar-refractivity contribution in [3.63, 3.8) is 0 Å². The summed E-state index contributed by atoms with van der Waals surface area (Å²) in [6, 6.07) is 7.35. The first kappa shape index (κ1) is 14.9. The number of nitrogens with two attached hydrogens (primary N) is 1. The molecule has 1 aromatic carbocycles. The highest BCUT2D eigenvalue weighted by atomic mass is 16.5. The fourth-order valence-electron chi connectivity index (χ4n) is 1.92. The molecular formula is C15H20N4O2. The number of aromatic nitrogens is 1. The van der Waals surface area contributed by atoms with Crippen molar-refractivity contribution in [3.05, 3.63) is 30.0 Å². The summed E-state index contributed by atoms with van der Waals surface area (Å²) in [5.41, 5.74) is 6.52. The molecule has 4 N–H and O–H groups in total. The van der Waals surface area contributed by atoms with Crippen LogP contribution in [0.3, 0.4) is 0 Å². The van der Waals surface area contributed by atoms with Crippen LogP contribution in [0.25, 0.3) is 10.9 Å². The molecule has 0 atom stereocenters. The van der Waals surface area contributed by atoms with E-state index in [4.69, 9.17) is 15.9 Å². The molecule has 112 valence electrons. The Morgan fingerprint density at radius 3 is 2.81 bits per heavy atom. The second kappa shape index (κ2) is 5.87. The van der Waals surface area contributed by atoms with E-state index in [0.29, 0.717) is 18.2 Å². The fourth-order valence-corrected chi connectivity index (χ4v) is 1.92. The van der Waals surface area contributed by atoms with E-state index in [1.54, 1.807) is 6.07 Å². The maximum Gasteiger partial charge on any atom is 0.276 e. The molecule has 2 rings (SSSR count). The van der Waals surface area contributed by atoms with E-state index in [0.717, 1.165) is 21.6 Å². The van der Waals surface area contributed by atoms with Crippen LogP contribution < -0.4 is 10.5 Å². The Morgan fingerprint density at radius 1 is 1.48 bits per heavy atom. The third kappa shape index (κ3) is 3.16. The molecule has 0 unspecified atom stereocenters. The number of carbonyl (C=O) groups excluding carboxylic acids is 1. The number of fused-ring (bicyclic) bond motifs is 1. The molecule has 6 nitrogen and oxygen atoms in total. The molecule has 2 aromatic rings. The number of aromatic amines is 1. The minimum Gasteiger partial charge on any atom is -0.493 e. The maximum atomic E-state index is 12.2. The third-order valence-electron chi connectivity index (χ3n) is 3.09. The van der Waals surface area contributed by atoms with Crippen LogP contribution in [0.4, 0.5) is 0 Å². The summed E-state index contributed by atoms with van der Waals surface area (Å²) < 4.78 is 5.77. The van der Waals surface area contributed by atoms with E-state index < -0.39 is 0 Å². The Labute approximate surface area is 123 Å². The Balaban J connectivity index is 2.35. The van der Waals surface area contributed by atoms with Crippen molar-refractivity contribution >= 4 is 22.8 Å². The normalized spacial score (nSPS) is 10.9. The standard InChI is InChI=1S/C15H20N4O2/c1-9(2)8-21-13-6-4-5-11-10(13)7-12(18-11)14(20)19(3)15(16)17/h4-7,9,18H,8H2,1-3H3,(H3,16,17). The minimum absolute atomic E-state index is 0.296. The summed E-state index contributed by atoms with van der Waals surface area (Å²) in [7, 11) is 1.46. The molecule has 1 amide bonds. The molecule has 0 saturated heterocycles. The zero-order chi connectivity index (χ0) is 15.6. The SMILES string of the molecule is CC(C)COc1cccc2[nH]c(C(=O)N(C)C(=N)N)cc12. The minimum atomic E-state index is -0.353. The molecule has 0 saturated carbocycles. The summed E-state index contributed by atoms with van der Waals surface area (Å²) in [6.07, 6.45) is 0. The molecule has 0 fully saturated rings. The van der Waals surface area contributed by atoms with Crippen LogP contribution in [0.2, 0.25) is 0 Å². The highest BCUT2D eigenvalue weighted by Gasteiger charge is 2.17. The predicted octanol–water partition coefficient (Wildman–Crippen LogP) is 2.17. The topological polar surface area (TPSA) is 95.2 Å². The molecule has 0 radical (unpaired) electrons. The van der Waals surface area contributed by atoms with Gasteiger partial charge >= 0.3 is 0 Å². The monoisotopic (exact) mass is 288 g/mol. The quantitative estimate of drug-likeness (QED) is 0.594. The summed E-state index contributed by atoms with van der Waals surface area (Å²) in [6.45, 7) is 4.77. The van der Waals surface area contributed by atoms with E-state index in [9.17, 15) is 4.79 Å². The van der Waals surface area contributed by atoms with Crippen LogP contribution in [0.5, 0.6) is 5.75 Å². The van der Waals surface area contributed by atoms with E-state index >= 15 is 0 Å². The average molecular weight is 288 g/mol. The lowest BCUT2D eigenvalue weighted by Crippen LogP contribution is -2.38. The smallest absolute Gasteiger partial charge is 0.276 e. The van der Waals surface area contributed by atoms with E-state index in [2.05, 4.69) is 18.8 Å². The first-order chi connectivity index (χ1) is 9.90. The highest BCUT2D eigenvalue weighted by Crippen LogP contribution is 2.27. The second-order valence-corrected chi connectivity index (χ2v) is 5.35. The molecule has 0 spiro atoms. The number of nitrogens with one attached hydrogen (secondary N) is 2. The molecular weight excluding hydrogens is 268 g/mol. The molecule has 0 aliphatic carbocycles. The second-order valence-electron chi connectivity index (χ2n) is 5.35. The van der Waals surface area contributed by atoms with Gasteiger partial charge in [0.05, 0.1) is 6.61 Å². The van der Waals surface area contributed by atoms with Crippen molar-refractivity contribution in [2.24, 2.45) is 11.7 Å². The van der Waals surface area contributed by atoms with Gasteiger partial charge in [0.1, 0.15) is 11.4 Å². The average Bonchev–Trinajstić information content (AvgIpc) is 2.87. The maximum absolute atomic E-state index is 12.2. The number of H-pyrrole nitrogens is 1. The van der Waals surface area contributed by atoms with Gasteiger partial charge in [-0.05, 0) is 24.1 Å². The van der Waals surface area contributed by atoms with Gasteiger partial charge in [0.15, 0.2) is 5.96 Å². The van der Waals surface area contributed by atoms with Crippen molar-refractivity contribution < 1.29 is 9.53 Å². The molecule has 0 aliphatic heterocycles. The third-order valence-corrected chi connectivity index (χ3v) is 3.09. The van der Waals surface area contributed by atoms with Gasteiger partial charge in [-0.3, -0.25) is 15.1 Å².